The average Bonchev–Trinajstić information content (AvgIpc) is 2.60. The van der Waals surface area contributed by atoms with Crippen LogP contribution >= 0.6 is 24.0 Å². The van der Waals surface area contributed by atoms with Gasteiger partial charge in [-0.05, 0) is 32.5 Å². The molecule has 0 amide bonds. The van der Waals surface area contributed by atoms with E-state index in [9.17, 15) is 0 Å². The fourth-order valence-corrected chi connectivity index (χ4v) is 2.10. The summed E-state index contributed by atoms with van der Waals surface area (Å²) in [5.41, 5.74) is 1.22. The van der Waals surface area contributed by atoms with Gasteiger partial charge in [0.2, 0.25) is 0 Å². The van der Waals surface area contributed by atoms with E-state index in [0.29, 0.717) is 0 Å². The van der Waals surface area contributed by atoms with E-state index in [2.05, 4.69) is 53.6 Å². The molecule has 0 bridgehead atoms. The quantitative estimate of drug-likeness (QED) is 0.250. The number of benzene rings is 1. The minimum Gasteiger partial charge on any atom is -0.374 e. The van der Waals surface area contributed by atoms with Crippen molar-refractivity contribution in [3.8, 4) is 0 Å². The molecule has 0 fully saturated rings. The zero-order valence-electron chi connectivity index (χ0n) is 15.4. The van der Waals surface area contributed by atoms with Crippen LogP contribution in [0, 0.1) is 0 Å². The molecule has 1 unspecified atom stereocenters. The first kappa shape index (κ1) is 23.1. The highest BCUT2D eigenvalue weighted by atomic mass is 127. The lowest BCUT2D eigenvalue weighted by Gasteiger charge is -2.17. The Morgan fingerprint density at radius 3 is 2.50 bits per heavy atom. The van der Waals surface area contributed by atoms with Crippen molar-refractivity contribution < 1.29 is 4.74 Å². The van der Waals surface area contributed by atoms with Crippen molar-refractivity contribution in [2.75, 3.05) is 46.9 Å². The average molecular weight is 448 g/mol. The van der Waals surface area contributed by atoms with Crippen molar-refractivity contribution in [1.82, 2.24) is 15.5 Å². The maximum Gasteiger partial charge on any atom is 0.191 e. The highest BCUT2D eigenvalue weighted by Crippen LogP contribution is 2.15. The molecule has 5 nitrogen and oxygen atoms in total. The van der Waals surface area contributed by atoms with Crippen molar-refractivity contribution in [2.24, 2.45) is 4.99 Å². The van der Waals surface area contributed by atoms with E-state index in [-0.39, 0.29) is 30.1 Å². The molecule has 0 saturated carbocycles. The van der Waals surface area contributed by atoms with E-state index in [4.69, 9.17) is 4.74 Å². The summed E-state index contributed by atoms with van der Waals surface area (Å²) < 4.78 is 5.86. The van der Waals surface area contributed by atoms with Gasteiger partial charge in [-0.1, -0.05) is 37.3 Å². The van der Waals surface area contributed by atoms with E-state index in [0.717, 1.165) is 45.2 Å². The normalized spacial score (nSPS) is 12.6. The lowest BCUT2D eigenvalue weighted by molar-refractivity contribution is 0.0646. The van der Waals surface area contributed by atoms with Gasteiger partial charge in [0.15, 0.2) is 5.96 Å². The Bertz CT molecular complexity index is 442. The second kappa shape index (κ2) is 14.5. The number of ether oxygens (including phenoxy) is 1. The summed E-state index contributed by atoms with van der Waals surface area (Å²) in [6.45, 7) is 8.80. The summed E-state index contributed by atoms with van der Waals surface area (Å²) in [5.74, 6) is 0.852. The van der Waals surface area contributed by atoms with Crippen LogP contribution < -0.4 is 10.6 Å². The molecule has 1 rings (SSSR count). The van der Waals surface area contributed by atoms with Crippen molar-refractivity contribution in [3.63, 3.8) is 0 Å². The third-order valence-electron chi connectivity index (χ3n) is 3.80. The Kier molecular flexibility index (Phi) is 14.0. The first-order valence-corrected chi connectivity index (χ1v) is 8.47. The number of hydrogen-bond acceptors (Lipinski definition) is 3. The number of nitrogens with zero attached hydrogens (tertiary/aromatic N) is 2. The van der Waals surface area contributed by atoms with Gasteiger partial charge >= 0.3 is 0 Å². The van der Waals surface area contributed by atoms with Crippen LogP contribution in [0.1, 0.15) is 31.9 Å². The van der Waals surface area contributed by atoms with Crippen LogP contribution in [0.25, 0.3) is 0 Å². The SMILES string of the molecule is CCN(C)CCNC(=NC)NCCCOC(C)c1ccccc1.I. The van der Waals surface area contributed by atoms with Crippen LogP contribution in [-0.4, -0.2) is 57.7 Å². The topological polar surface area (TPSA) is 48.9 Å². The molecule has 0 aliphatic carbocycles. The van der Waals surface area contributed by atoms with Gasteiger partial charge in [-0.25, -0.2) is 0 Å². The molecule has 0 aromatic heterocycles. The van der Waals surface area contributed by atoms with E-state index in [1.807, 2.05) is 18.2 Å². The lowest BCUT2D eigenvalue weighted by atomic mass is 10.1. The molecule has 24 heavy (non-hydrogen) atoms. The summed E-state index contributed by atoms with van der Waals surface area (Å²) in [6.07, 6.45) is 1.09. The van der Waals surface area contributed by atoms with Gasteiger partial charge in [0, 0.05) is 33.3 Å². The molecule has 6 heteroatoms. The van der Waals surface area contributed by atoms with Gasteiger partial charge in [-0.15, -0.1) is 24.0 Å². The Morgan fingerprint density at radius 1 is 1.21 bits per heavy atom. The third-order valence-corrected chi connectivity index (χ3v) is 3.80. The number of likely N-dealkylation sites (N-methyl/N-ethyl adjacent to an activating group) is 1. The van der Waals surface area contributed by atoms with Gasteiger partial charge < -0.3 is 20.3 Å². The van der Waals surface area contributed by atoms with Crippen LogP contribution in [0.2, 0.25) is 0 Å². The Balaban J connectivity index is 0.00000529. The number of rotatable bonds is 10. The minimum absolute atomic E-state index is 0. The van der Waals surface area contributed by atoms with E-state index in [1.54, 1.807) is 7.05 Å². The smallest absolute Gasteiger partial charge is 0.191 e. The first-order chi connectivity index (χ1) is 11.2. The zero-order chi connectivity index (χ0) is 16.9. The number of guanidine groups is 1. The molecule has 1 aromatic carbocycles. The molecule has 2 N–H and O–H groups in total. The highest BCUT2D eigenvalue weighted by molar-refractivity contribution is 14.0. The van der Waals surface area contributed by atoms with Crippen molar-refractivity contribution in [3.05, 3.63) is 35.9 Å². The Morgan fingerprint density at radius 2 is 1.88 bits per heavy atom. The molecule has 0 spiro atoms. The fourth-order valence-electron chi connectivity index (χ4n) is 2.10. The highest BCUT2D eigenvalue weighted by Gasteiger charge is 2.04. The number of aliphatic imine (C=N–C) groups is 1. The van der Waals surface area contributed by atoms with Crippen molar-refractivity contribution in [1.29, 1.82) is 0 Å². The summed E-state index contributed by atoms with van der Waals surface area (Å²) in [4.78, 5) is 6.49. The second-order valence-corrected chi connectivity index (χ2v) is 5.60. The van der Waals surface area contributed by atoms with Crippen LogP contribution in [0.5, 0.6) is 0 Å². The van der Waals surface area contributed by atoms with Crippen molar-refractivity contribution >= 4 is 29.9 Å². The van der Waals surface area contributed by atoms with Gasteiger partial charge in [0.25, 0.3) is 0 Å². The molecule has 0 saturated heterocycles. The van der Waals surface area contributed by atoms with Gasteiger partial charge in [-0.3, -0.25) is 4.99 Å². The monoisotopic (exact) mass is 448 g/mol. The summed E-state index contributed by atoms with van der Waals surface area (Å²) >= 11 is 0. The summed E-state index contributed by atoms with van der Waals surface area (Å²) in [6, 6.07) is 10.3. The second-order valence-electron chi connectivity index (χ2n) is 5.60. The lowest BCUT2D eigenvalue weighted by Crippen LogP contribution is -2.41. The van der Waals surface area contributed by atoms with E-state index >= 15 is 0 Å². The molecule has 1 atom stereocenters. The van der Waals surface area contributed by atoms with Crippen LogP contribution in [0.4, 0.5) is 0 Å². The summed E-state index contributed by atoms with van der Waals surface area (Å²) in [5, 5.41) is 6.63. The summed E-state index contributed by atoms with van der Waals surface area (Å²) in [7, 11) is 3.91. The number of halogens is 1. The molecule has 0 aliphatic rings. The zero-order valence-corrected chi connectivity index (χ0v) is 17.7. The maximum atomic E-state index is 5.86. The molecular formula is C18H33IN4O. The van der Waals surface area contributed by atoms with Crippen molar-refractivity contribution in [2.45, 2.75) is 26.4 Å². The maximum absolute atomic E-state index is 5.86. The molecule has 0 aliphatic heterocycles. The Labute approximate surface area is 164 Å². The number of nitrogens with one attached hydrogen (secondary N) is 2. The van der Waals surface area contributed by atoms with Gasteiger partial charge in [0.1, 0.15) is 0 Å². The van der Waals surface area contributed by atoms with Crippen LogP contribution in [-0.2, 0) is 4.74 Å². The predicted octanol–water partition coefficient (Wildman–Crippen LogP) is 2.89. The van der Waals surface area contributed by atoms with Gasteiger partial charge in [-0.2, -0.15) is 0 Å². The Hall–Kier alpha value is -0.860. The van der Waals surface area contributed by atoms with Crippen LogP contribution in [0.15, 0.2) is 35.3 Å². The number of hydrogen-bond donors (Lipinski definition) is 2. The minimum atomic E-state index is 0. The fraction of sp³-hybridized carbons (Fsp3) is 0.611. The van der Waals surface area contributed by atoms with E-state index in [1.165, 1.54) is 5.56 Å². The predicted molar refractivity (Wildman–Crippen MR) is 113 cm³/mol. The van der Waals surface area contributed by atoms with Gasteiger partial charge in [0.05, 0.1) is 6.10 Å². The molecule has 0 heterocycles. The third kappa shape index (κ3) is 10.1. The first-order valence-electron chi connectivity index (χ1n) is 8.47. The molecule has 0 radical (unpaired) electrons. The van der Waals surface area contributed by atoms with E-state index < -0.39 is 0 Å². The van der Waals surface area contributed by atoms with Crippen LogP contribution in [0.3, 0.4) is 0 Å². The largest absolute Gasteiger partial charge is 0.374 e. The standard InChI is InChI=1S/C18H32N4O.HI/c1-5-22(4)14-13-21-18(19-3)20-12-9-15-23-16(2)17-10-7-6-8-11-17;/h6-8,10-11,16H,5,9,12-15H2,1-4H3,(H2,19,20,21);1H. The molecular weight excluding hydrogens is 415 g/mol. The molecule has 138 valence electrons. The molecule has 1 aromatic rings.